The number of anilines is 1. The van der Waals surface area contributed by atoms with Crippen molar-refractivity contribution in [2.45, 2.75) is 31.2 Å². The number of nitrogen functional groups attached to an aromatic ring is 1. The predicted molar refractivity (Wildman–Crippen MR) is 80.7 cm³/mol. The summed E-state index contributed by atoms with van der Waals surface area (Å²) in [5.74, 6) is -0.0741. The molecule has 0 atom stereocenters. The van der Waals surface area contributed by atoms with Crippen LogP contribution < -0.4 is 5.73 Å². The minimum Gasteiger partial charge on any atom is -0.399 e. The van der Waals surface area contributed by atoms with Crippen LogP contribution in [0.25, 0.3) is 0 Å². The highest BCUT2D eigenvalue weighted by molar-refractivity contribution is 7.92. The van der Waals surface area contributed by atoms with Gasteiger partial charge in [0.25, 0.3) is 0 Å². The fourth-order valence-corrected chi connectivity index (χ4v) is 6.62. The molecule has 2 heterocycles. The number of sulfonamides is 1. The molecule has 2 N–H and O–H groups in total. The third kappa shape index (κ3) is 2.79. The van der Waals surface area contributed by atoms with Gasteiger partial charge in [-0.3, -0.25) is 0 Å². The van der Waals surface area contributed by atoms with Gasteiger partial charge in [0.2, 0.25) is 10.0 Å². The second-order valence-electron chi connectivity index (χ2n) is 5.69. The summed E-state index contributed by atoms with van der Waals surface area (Å²) in [6, 6.07) is 5.42. The van der Waals surface area contributed by atoms with E-state index in [0.717, 1.165) is 11.1 Å². The summed E-state index contributed by atoms with van der Waals surface area (Å²) in [7, 11) is -6.52. The minimum absolute atomic E-state index is 0.0371. The number of hydrogen-bond acceptors (Lipinski definition) is 5. The molecule has 3 rings (SSSR count). The van der Waals surface area contributed by atoms with Crippen LogP contribution in [0.1, 0.15) is 24.0 Å². The van der Waals surface area contributed by atoms with Crippen molar-refractivity contribution in [2.75, 3.05) is 17.2 Å². The fourth-order valence-electron chi connectivity index (χ4n) is 2.94. The van der Waals surface area contributed by atoms with Crippen LogP contribution in [0.3, 0.4) is 0 Å². The molecule has 6 nitrogen and oxygen atoms in total. The van der Waals surface area contributed by atoms with Crippen molar-refractivity contribution < 1.29 is 16.8 Å². The highest BCUT2D eigenvalue weighted by atomic mass is 32.2. The minimum atomic E-state index is -3.46. The fraction of sp³-hybridized carbons (Fsp3) is 0.538. The normalized spacial score (nSPS) is 23.0. The maximum Gasteiger partial charge on any atom is 0.217 e. The second kappa shape index (κ2) is 4.96. The van der Waals surface area contributed by atoms with Crippen molar-refractivity contribution in [3.63, 3.8) is 0 Å². The van der Waals surface area contributed by atoms with Crippen molar-refractivity contribution >= 4 is 25.5 Å². The van der Waals surface area contributed by atoms with Gasteiger partial charge in [0.05, 0.1) is 16.8 Å². The Morgan fingerprint density at radius 3 is 2.38 bits per heavy atom. The maximum absolute atomic E-state index is 12.7. The molecule has 8 heteroatoms. The van der Waals surface area contributed by atoms with Gasteiger partial charge in [-0.05, 0) is 36.1 Å². The van der Waals surface area contributed by atoms with Gasteiger partial charge in [-0.15, -0.1) is 0 Å². The van der Waals surface area contributed by atoms with Crippen LogP contribution in [0, 0.1) is 0 Å². The zero-order chi connectivity index (χ0) is 15.3. The molecule has 1 saturated heterocycles. The van der Waals surface area contributed by atoms with E-state index in [1.54, 1.807) is 12.1 Å². The number of hydrogen-bond donors (Lipinski definition) is 1. The van der Waals surface area contributed by atoms with E-state index in [9.17, 15) is 16.8 Å². The van der Waals surface area contributed by atoms with E-state index >= 15 is 0 Å². The quantitative estimate of drug-likeness (QED) is 0.796. The Morgan fingerprint density at radius 1 is 1.10 bits per heavy atom. The topological polar surface area (TPSA) is 97.5 Å². The SMILES string of the molecule is Nc1ccc2c(c1)CN(S(=O)(=O)C1CCS(=O)(=O)CC1)C2. The van der Waals surface area contributed by atoms with E-state index in [-0.39, 0.29) is 24.3 Å². The second-order valence-corrected chi connectivity index (χ2v) is 10.2. The molecule has 1 aromatic rings. The predicted octanol–water partition coefficient (Wildman–Crippen LogP) is 0.491. The molecule has 0 aliphatic carbocycles. The molecule has 1 aromatic carbocycles. The number of fused-ring (bicyclic) bond motifs is 1. The maximum atomic E-state index is 12.7. The first kappa shape index (κ1) is 14.8. The standard InChI is InChI=1S/C13H18N2O4S2/c14-12-2-1-10-8-15(9-11(10)7-12)21(18,19)13-3-5-20(16,17)6-4-13/h1-2,7,13H,3-6,8-9,14H2. The number of nitrogens with zero attached hydrogens (tertiary/aromatic N) is 1. The molecule has 0 radical (unpaired) electrons. The van der Waals surface area contributed by atoms with E-state index in [4.69, 9.17) is 5.73 Å². The van der Waals surface area contributed by atoms with E-state index < -0.39 is 25.1 Å². The first-order valence-corrected chi connectivity index (χ1v) is 10.2. The van der Waals surface area contributed by atoms with Crippen molar-refractivity contribution in [3.8, 4) is 0 Å². The van der Waals surface area contributed by atoms with E-state index in [2.05, 4.69) is 0 Å². The molecule has 2 aliphatic rings. The van der Waals surface area contributed by atoms with Gasteiger partial charge in [-0.25, -0.2) is 16.8 Å². The highest BCUT2D eigenvalue weighted by Crippen LogP contribution is 2.31. The largest absolute Gasteiger partial charge is 0.399 e. The summed E-state index contributed by atoms with van der Waals surface area (Å²) in [6.45, 7) is 0.674. The van der Waals surface area contributed by atoms with Gasteiger partial charge >= 0.3 is 0 Å². The van der Waals surface area contributed by atoms with E-state index in [1.807, 2.05) is 6.07 Å². The van der Waals surface area contributed by atoms with E-state index in [0.29, 0.717) is 18.8 Å². The number of sulfone groups is 1. The molecule has 0 aromatic heterocycles. The van der Waals surface area contributed by atoms with Crippen molar-refractivity contribution in [3.05, 3.63) is 29.3 Å². The van der Waals surface area contributed by atoms with Gasteiger partial charge in [0.15, 0.2) is 0 Å². The van der Waals surface area contributed by atoms with Crippen LogP contribution in [-0.4, -0.2) is 37.9 Å². The van der Waals surface area contributed by atoms with Gasteiger partial charge < -0.3 is 5.73 Å². The molecular formula is C13H18N2O4S2. The molecule has 2 aliphatic heterocycles. The van der Waals surface area contributed by atoms with Crippen molar-refractivity contribution in [2.24, 2.45) is 0 Å². The Kier molecular flexibility index (Phi) is 3.50. The summed E-state index contributed by atoms with van der Waals surface area (Å²) >= 11 is 0. The Balaban J connectivity index is 1.79. The third-order valence-electron chi connectivity index (χ3n) is 4.21. The molecule has 0 spiro atoms. The molecule has 0 saturated carbocycles. The van der Waals surface area contributed by atoms with Crippen LogP contribution >= 0.6 is 0 Å². The van der Waals surface area contributed by atoms with Crippen LogP contribution in [0.15, 0.2) is 18.2 Å². The lowest BCUT2D eigenvalue weighted by molar-refractivity contribution is 0.417. The molecule has 116 valence electrons. The van der Waals surface area contributed by atoms with Crippen LogP contribution in [0.5, 0.6) is 0 Å². The van der Waals surface area contributed by atoms with Crippen LogP contribution in [0.2, 0.25) is 0 Å². The van der Waals surface area contributed by atoms with Gasteiger partial charge in [0.1, 0.15) is 9.84 Å². The Morgan fingerprint density at radius 2 is 1.71 bits per heavy atom. The first-order valence-electron chi connectivity index (χ1n) is 6.85. The van der Waals surface area contributed by atoms with Crippen molar-refractivity contribution in [1.82, 2.24) is 4.31 Å². The lowest BCUT2D eigenvalue weighted by atomic mass is 10.1. The Bertz CT molecular complexity index is 757. The number of rotatable bonds is 2. The monoisotopic (exact) mass is 330 g/mol. The highest BCUT2D eigenvalue weighted by Gasteiger charge is 2.38. The van der Waals surface area contributed by atoms with Gasteiger partial charge in [-0.2, -0.15) is 4.31 Å². The molecular weight excluding hydrogens is 312 g/mol. The number of benzene rings is 1. The van der Waals surface area contributed by atoms with Gasteiger partial charge in [0, 0.05) is 18.8 Å². The van der Waals surface area contributed by atoms with Crippen LogP contribution in [-0.2, 0) is 33.0 Å². The summed E-state index contributed by atoms with van der Waals surface area (Å²) in [4.78, 5) is 0. The number of nitrogens with two attached hydrogens (primary N) is 1. The zero-order valence-electron chi connectivity index (χ0n) is 11.5. The average molecular weight is 330 g/mol. The Labute approximate surface area is 124 Å². The molecule has 0 unspecified atom stereocenters. The molecule has 0 bridgehead atoms. The summed E-state index contributed by atoms with van der Waals surface area (Å²) in [5.41, 5.74) is 8.25. The summed E-state index contributed by atoms with van der Waals surface area (Å²) in [5, 5.41) is -0.590. The average Bonchev–Trinajstić information content (AvgIpc) is 2.81. The zero-order valence-corrected chi connectivity index (χ0v) is 13.2. The molecule has 0 amide bonds. The molecule has 21 heavy (non-hydrogen) atoms. The lowest BCUT2D eigenvalue weighted by Gasteiger charge is -2.26. The summed E-state index contributed by atoms with van der Waals surface area (Å²) in [6.07, 6.45) is 0.388. The first-order chi connectivity index (χ1) is 9.78. The summed E-state index contributed by atoms with van der Waals surface area (Å²) < 4.78 is 49.6. The Hall–Kier alpha value is -1.12. The van der Waals surface area contributed by atoms with Crippen molar-refractivity contribution in [1.29, 1.82) is 0 Å². The lowest BCUT2D eigenvalue weighted by Crippen LogP contribution is -2.40. The smallest absolute Gasteiger partial charge is 0.217 e. The van der Waals surface area contributed by atoms with Gasteiger partial charge in [-0.1, -0.05) is 6.07 Å². The van der Waals surface area contributed by atoms with Crippen LogP contribution in [0.4, 0.5) is 5.69 Å². The molecule has 1 fully saturated rings. The third-order valence-corrected chi connectivity index (χ3v) is 8.21. The van der Waals surface area contributed by atoms with E-state index in [1.165, 1.54) is 4.31 Å².